The van der Waals surface area contributed by atoms with Crippen LogP contribution >= 0.6 is 0 Å². The van der Waals surface area contributed by atoms with Crippen LogP contribution in [0.2, 0.25) is 0 Å². The van der Waals surface area contributed by atoms with E-state index in [0.717, 1.165) is 0 Å². The fraction of sp³-hybridized carbons (Fsp3) is 0.846. The molecule has 0 spiro atoms. The molecule has 2 N–H and O–H groups in total. The minimum absolute atomic E-state index is 0.0665. The average Bonchev–Trinajstić information content (AvgIpc) is 2.71. The number of aliphatic carboxylic acids is 1. The van der Waals surface area contributed by atoms with Gasteiger partial charge in [0.2, 0.25) is 0 Å². The molecular weight excluding hydrogens is 282 g/mol. The predicted octanol–water partition coefficient (Wildman–Crippen LogP) is 0.393. The molecule has 0 aliphatic carbocycles. The minimum Gasteiger partial charge on any atom is -0.479 e. The third-order valence-electron chi connectivity index (χ3n) is 2.94. The Balaban J connectivity index is 2.62. The Kier molecular flexibility index (Phi) is 5.94. The molecule has 1 aliphatic rings. The van der Waals surface area contributed by atoms with Crippen LogP contribution in [0.3, 0.4) is 0 Å². The second kappa shape index (κ2) is 7.06. The smallest absolute Gasteiger partial charge is 0.407 e. The number of carboxylic acids is 1. The number of methoxy groups -OCH3 is 2. The lowest BCUT2D eigenvalue weighted by atomic mass is 10.1. The van der Waals surface area contributed by atoms with Gasteiger partial charge in [-0.1, -0.05) is 0 Å². The fourth-order valence-electron chi connectivity index (χ4n) is 2.13. The molecule has 1 saturated heterocycles. The highest BCUT2D eigenvalue weighted by molar-refractivity contribution is 5.74. The van der Waals surface area contributed by atoms with Crippen molar-refractivity contribution in [2.75, 3.05) is 20.8 Å². The molecule has 4 atom stereocenters. The van der Waals surface area contributed by atoms with E-state index in [1.165, 1.54) is 14.2 Å². The zero-order valence-electron chi connectivity index (χ0n) is 12.9. The van der Waals surface area contributed by atoms with Crippen molar-refractivity contribution in [2.24, 2.45) is 0 Å². The first-order valence-corrected chi connectivity index (χ1v) is 6.60. The zero-order valence-corrected chi connectivity index (χ0v) is 12.9. The van der Waals surface area contributed by atoms with E-state index in [2.05, 4.69) is 5.32 Å². The van der Waals surface area contributed by atoms with E-state index in [-0.39, 0.29) is 6.54 Å². The standard InChI is InChI=1S/C13H23NO7/c1-13(2,3)21-12(17)14-6-7-8(18-4)9(19-5)10(20-7)11(15)16/h7-10H,6H2,1-5H3,(H,14,17)(H,15,16)/t7-,8-,9+,10-/m1/s1. The predicted molar refractivity (Wildman–Crippen MR) is 72.1 cm³/mol. The molecule has 0 saturated carbocycles. The second-order valence-corrected chi connectivity index (χ2v) is 5.72. The van der Waals surface area contributed by atoms with Crippen molar-refractivity contribution in [3.05, 3.63) is 0 Å². The van der Waals surface area contributed by atoms with Crippen molar-refractivity contribution in [3.63, 3.8) is 0 Å². The molecule has 21 heavy (non-hydrogen) atoms. The van der Waals surface area contributed by atoms with E-state index >= 15 is 0 Å². The summed E-state index contributed by atoms with van der Waals surface area (Å²) < 4.78 is 20.9. The highest BCUT2D eigenvalue weighted by Crippen LogP contribution is 2.26. The Morgan fingerprint density at radius 3 is 2.19 bits per heavy atom. The molecule has 1 rings (SSSR count). The summed E-state index contributed by atoms with van der Waals surface area (Å²) in [5.74, 6) is -1.14. The number of nitrogens with one attached hydrogen (secondary N) is 1. The summed E-state index contributed by atoms with van der Waals surface area (Å²) in [6.45, 7) is 5.31. The lowest BCUT2D eigenvalue weighted by Gasteiger charge is -2.23. The molecule has 8 heteroatoms. The monoisotopic (exact) mass is 305 g/mol. The third-order valence-corrected chi connectivity index (χ3v) is 2.94. The molecule has 1 fully saturated rings. The van der Waals surface area contributed by atoms with E-state index in [0.29, 0.717) is 0 Å². The number of amides is 1. The fourth-order valence-corrected chi connectivity index (χ4v) is 2.13. The van der Waals surface area contributed by atoms with Crippen molar-refractivity contribution in [1.29, 1.82) is 0 Å². The number of carbonyl (C=O) groups excluding carboxylic acids is 1. The van der Waals surface area contributed by atoms with Gasteiger partial charge in [-0.3, -0.25) is 0 Å². The van der Waals surface area contributed by atoms with E-state index < -0.39 is 42.1 Å². The molecule has 0 aromatic heterocycles. The first kappa shape index (κ1) is 17.7. The van der Waals surface area contributed by atoms with Crippen molar-refractivity contribution in [3.8, 4) is 0 Å². The summed E-state index contributed by atoms with van der Waals surface area (Å²) in [5, 5.41) is 11.6. The van der Waals surface area contributed by atoms with Gasteiger partial charge in [-0.2, -0.15) is 0 Å². The van der Waals surface area contributed by atoms with Crippen molar-refractivity contribution >= 4 is 12.1 Å². The molecule has 0 radical (unpaired) electrons. The number of carboxylic acid groups (broad SMARTS) is 1. The Morgan fingerprint density at radius 2 is 1.76 bits per heavy atom. The summed E-state index contributed by atoms with van der Waals surface area (Å²) in [4.78, 5) is 22.7. The van der Waals surface area contributed by atoms with Gasteiger partial charge in [0.15, 0.2) is 6.10 Å². The van der Waals surface area contributed by atoms with Gasteiger partial charge >= 0.3 is 12.1 Å². The highest BCUT2D eigenvalue weighted by atomic mass is 16.6. The van der Waals surface area contributed by atoms with Gasteiger partial charge in [0.05, 0.1) is 0 Å². The molecular formula is C13H23NO7. The largest absolute Gasteiger partial charge is 0.479 e. The van der Waals surface area contributed by atoms with Gasteiger partial charge in [-0.05, 0) is 20.8 Å². The van der Waals surface area contributed by atoms with Crippen molar-refractivity contribution < 1.29 is 33.6 Å². The van der Waals surface area contributed by atoms with Crippen LogP contribution < -0.4 is 5.32 Å². The van der Waals surface area contributed by atoms with Gasteiger partial charge in [-0.15, -0.1) is 0 Å². The Hall–Kier alpha value is -1.38. The number of alkyl carbamates (subject to hydrolysis) is 1. The molecule has 0 bridgehead atoms. The maximum Gasteiger partial charge on any atom is 0.407 e. The second-order valence-electron chi connectivity index (χ2n) is 5.72. The van der Waals surface area contributed by atoms with Crippen molar-refractivity contribution in [1.82, 2.24) is 5.32 Å². The number of hydrogen-bond acceptors (Lipinski definition) is 6. The lowest BCUT2D eigenvalue weighted by molar-refractivity contribution is -0.154. The maximum absolute atomic E-state index is 11.6. The number of ether oxygens (including phenoxy) is 4. The Bertz CT molecular complexity index is 379. The topological polar surface area (TPSA) is 103 Å². The normalized spacial score (nSPS) is 29.2. The van der Waals surface area contributed by atoms with Crippen LogP contribution in [0.25, 0.3) is 0 Å². The number of hydrogen-bond donors (Lipinski definition) is 2. The van der Waals surface area contributed by atoms with E-state index in [9.17, 15) is 9.59 Å². The molecule has 8 nitrogen and oxygen atoms in total. The van der Waals surface area contributed by atoms with Crippen molar-refractivity contribution in [2.45, 2.75) is 50.8 Å². The van der Waals surface area contributed by atoms with E-state index in [1.807, 2.05) is 0 Å². The number of carbonyl (C=O) groups is 2. The molecule has 0 aromatic rings. The van der Waals surface area contributed by atoms with Crippen LogP contribution in [0.4, 0.5) is 4.79 Å². The summed E-state index contributed by atoms with van der Waals surface area (Å²) in [6.07, 6.45) is -3.70. The molecule has 1 amide bonds. The summed E-state index contributed by atoms with van der Waals surface area (Å²) >= 11 is 0. The summed E-state index contributed by atoms with van der Waals surface area (Å²) in [7, 11) is 2.82. The quantitative estimate of drug-likeness (QED) is 0.757. The van der Waals surface area contributed by atoms with Crippen LogP contribution in [-0.4, -0.2) is 68.0 Å². The lowest BCUT2D eigenvalue weighted by Crippen LogP contribution is -2.43. The van der Waals surface area contributed by atoms with Crippen LogP contribution in [0.15, 0.2) is 0 Å². The van der Waals surface area contributed by atoms with Gasteiger partial charge in [0, 0.05) is 20.8 Å². The number of rotatable bonds is 5. The van der Waals surface area contributed by atoms with Crippen LogP contribution in [-0.2, 0) is 23.7 Å². The van der Waals surface area contributed by atoms with Crippen LogP contribution in [0.5, 0.6) is 0 Å². The van der Waals surface area contributed by atoms with Gasteiger partial charge < -0.3 is 29.4 Å². The first-order valence-electron chi connectivity index (χ1n) is 6.60. The third kappa shape index (κ3) is 4.83. The van der Waals surface area contributed by atoms with Gasteiger partial charge in [0.25, 0.3) is 0 Å². The maximum atomic E-state index is 11.6. The Labute approximate surface area is 123 Å². The molecule has 1 aliphatic heterocycles. The van der Waals surface area contributed by atoms with Crippen LogP contribution in [0.1, 0.15) is 20.8 Å². The van der Waals surface area contributed by atoms with Gasteiger partial charge in [-0.25, -0.2) is 9.59 Å². The average molecular weight is 305 g/mol. The highest BCUT2D eigenvalue weighted by Gasteiger charge is 2.48. The summed E-state index contributed by atoms with van der Waals surface area (Å²) in [6, 6.07) is 0. The van der Waals surface area contributed by atoms with E-state index in [4.69, 9.17) is 24.1 Å². The molecule has 0 unspecified atom stereocenters. The Morgan fingerprint density at radius 1 is 1.19 bits per heavy atom. The minimum atomic E-state index is -1.14. The van der Waals surface area contributed by atoms with Crippen LogP contribution in [0, 0.1) is 0 Å². The summed E-state index contributed by atoms with van der Waals surface area (Å²) in [5.41, 5.74) is -0.611. The molecule has 1 heterocycles. The SMILES string of the molecule is CO[C@H]1[C@H](OC)[C@H](C(=O)O)O[C@@H]1CNC(=O)OC(C)(C)C. The first-order chi connectivity index (χ1) is 9.69. The molecule has 0 aromatic carbocycles. The molecule has 122 valence electrons. The van der Waals surface area contributed by atoms with E-state index in [1.54, 1.807) is 20.8 Å². The van der Waals surface area contributed by atoms with Gasteiger partial charge in [0.1, 0.15) is 23.9 Å². The zero-order chi connectivity index (χ0) is 16.2.